The minimum absolute atomic E-state index is 0.240. The predicted octanol–water partition coefficient (Wildman–Crippen LogP) is 2.31. The smallest absolute Gasteiger partial charge is 0.165 e. The predicted molar refractivity (Wildman–Crippen MR) is 101 cm³/mol. The van der Waals surface area contributed by atoms with Crippen molar-refractivity contribution in [2.75, 3.05) is 31.1 Å². The molecule has 4 nitrogen and oxygen atoms in total. The van der Waals surface area contributed by atoms with Crippen LogP contribution in [0.5, 0.6) is 0 Å². The number of likely N-dealkylation sites (tertiary alicyclic amines) is 1. The number of nitrogens with zero attached hydrogens (tertiary/aromatic N) is 2. The Bertz CT molecular complexity index is 605. The first-order valence-corrected chi connectivity index (χ1v) is 9.91. The summed E-state index contributed by atoms with van der Waals surface area (Å²) in [6.07, 6.45) is 5.16. The fraction of sp³-hybridized carbons (Fsp3) is 0.667. The lowest BCUT2D eigenvalue weighted by atomic mass is 9.66. The lowest BCUT2D eigenvalue weighted by Gasteiger charge is -2.49. The van der Waals surface area contributed by atoms with E-state index in [0.717, 1.165) is 45.3 Å². The molecule has 1 aliphatic heterocycles. The highest BCUT2D eigenvalue weighted by Crippen LogP contribution is 2.44. The molecule has 1 saturated heterocycles. The van der Waals surface area contributed by atoms with Crippen molar-refractivity contribution in [1.29, 1.82) is 5.26 Å². The Morgan fingerprint density at radius 3 is 2.56 bits per heavy atom. The van der Waals surface area contributed by atoms with Crippen LogP contribution in [0.2, 0.25) is 0 Å². The van der Waals surface area contributed by atoms with E-state index >= 15 is 0 Å². The average molecular weight is 343 g/mol. The zero-order chi connectivity index (χ0) is 17.9. The Hall–Kier alpha value is -1.57. The van der Waals surface area contributed by atoms with Gasteiger partial charge >= 0.3 is 0 Å². The number of fused-ring (bicyclic) bond motifs is 1. The third-order valence-corrected chi connectivity index (χ3v) is 6.47. The third kappa shape index (κ3) is 3.54. The Balaban J connectivity index is 1.91. The van der Waals surface area contributed by atoms with Crippen LogP contribution < -0.4 is 9.80 Å². The monoisotopic (exact) mass is 342 g/mol. The number of nitrogens with one attached hydrogen (secondary N) is 1. The van der Waals surface area contributed by atoms with E-state index in [4.69, 9.17) is 0 Å². The van der Waals surface area contributed by atoms with Crippen LogP contribution in [0, 0.1) is 17.2 Å². The van der Waals surface area contributed by atoms with Crippen LogP contribution in [0.25, 0.3) is 0 Å². The van der Waals surface area contributed by atoms with E-state index in [1.54, 1.807) is 0 Å². The molecule has 0 aromatic heterocycles. The lowest BCUT2D eigenvalue weighted by Crippen LogP contribution is -3.15. The molecule has 4 atom stereocenters. The number of quaternary nitrogens is 1. The van der Waals surface area contributed by atoms with Crippen molar-refractivity contribution in [3.63, 3.8) is 0 Å². The Kier molecular flexibility index (Phi) is 5.66. The molecule has 2 fully saturated rings. The number of anilines is 1. The highest BCUT2D eigenvalue weighted by molar-refractivity contribution is 5.47. The second-order valence-corrected chi connectivity index (χ2v) is 7.69. The number of aliphatic hydroxyl groups is 1. The van der Waals surface area contributed by atoms with Crippen LogP contribution in [-0.2, 0) is 0 Å². The van der Waals surface area contributed by atoms with Gasteiger partial charge in [0.1, 0.15) is 12.1 Å². The molecule has 1 aromatic carbocycles. The second-order valence-electron chi connectivity index (χ2n) is 7.69. The van der Waals surface area contributed by atoms with Crippen LogP contribution in [0.1, 0.15) is 57.6 Å². The second kappa shape index (κ2) is 7.76. The highest BCUT2D eigenvalue weighted by Gasteiger charge is 2.51. The molecule has 1 aromatic rings. The van der Waals surface area contributed by atoms with Crippen molar-refractivity contribution in [2.24, 2.45) is 5.92 Å². The van der Waals surface area contributed by atoms with E-state index in [1.807, 2.05) is 0 Å². The molecule has 1 saturated carbocycles. The number of benzene rings is 1. The van der Waals surface area contributed by atoms with Gasteiger partial charge in [-0.2, -0.15) is 5.26 Å². The SMILES string of the molecule is CCN(CC)c1ccc([C@@H]2[C@@H]3CCCC[C@]3(O)CC[NH+]2CC#N)cc1. The molecule has 3 rings (SSSR count). The van der Waals surface area contributed by atoms with Gasteiger partial charge in [-0.05, 0) is 38.8 Å². The van der Waals surface area contributed by atoms with Crippen LogP contribution in [-0.4, -0.2) is 36.9 Å². The molecule has 0 radical (unpaired) electrons. The van der Waals surface area contributed by atoms with E-state index in [9.17, 15) is 10.4 Å². The summed E-state index contributed by atoms with van der Waals surface area (Å²) in [5.74, 6) is 0.276. The van der Waals surface area contributed by atoms with Crippen molar-refractivity contribution in [3.05, 3.63) is 29.8 Å². The maximum atomic E-state index is 11.2. The van der Waals surface area contributed by atoms with Gasteiger partial charge in [-0.15, -0.1) is 0 Å². The quantitative estimate of drug-likeness (QED) is 0.808. The summed E-state index contributed by atoms with van der Waals surface area (Å²) in [4.78, 5) is 3.68. The average Bonchev–Trinajstić information content (AvgIpc) is 2.64. The number of rotatable bonds is 5. The van der Waals surface area contributed by atoms with E-state index in [0.29, 0.717) is 6.54 Å². The zero-order valence-electron chi connectivity index (χ0n) is 15.7. The van der Waals surface area contributed by atoms with Crippen molar-refractivity contribution < 1.29 is 10.0 Å². The Labute approximate surface area is 152 Å². The van der Waals surface area contributed by atoms with Crippen LogP contribution in [0.15, 0.2) is 24.3 Å². The molecule has 4 heteroatoms. The van der Waals surface area contributed by atoms with E-state index in [2.05, 4.69) is 49.1 Å². The molecular weight excluding hydrogens is 310 g/mol. The molecule has 136 valence electrons. The van der Waals surface area contributed by atoms with Crippen molar-refractivity contribution >= 4 is 5.69 Å². The summed E-state index contributed by atoms with van der Waals surface area (Å²) >= 11 is 0. The zero-order valence-corrected chi connectivity index (χ0v) is 15.7. The summed E-state index contributed by atoms with van der Waals surface area (Å²) < 4.78 is 0. The minimum Gasteiger partial charge on any atom is -0.389 e. The van der Waals surface area contributed by atoms with E-state index < -0.39 is 5.60 Å². The summed E-state index contributed by atoms with van der Waals surface area (Å²) in [5, 5.41) is 20.5. The maximum Gasteiger partial charge on any atom is 0.165 e. The standard InChI is InChI=1S/C21H31N3O/c1-3-23(4-2)18-10-8-17(9-11-18)20-19-7-5-6-12-21(19,25)13-15-24(20)16-14-22/h8-11,19-20,25H,3-7,12-13,15-16H2,1-2H3/p+1/t19-,20+,21-/m0/s1. The molecular formula is C21H32N3O+. The first-order valence-electron chi connectivity index (χ1n) is 9.91. The number of nitriles is 1. The molecule has 0 bridgehead atoms. The van der Waals surface area contributed by atoms with Gasteiger partial charge in [0.2, 0.25) is 0 Å². The molecule has 0 spiro atoms. The Morgan fingerprint density at radius 2 is 1.92 bits per heavy atom. The number of piperidine rings is 1. The normalized spacial score (nSPS) is 31.8. The van der Waals surface area contributed by atoms with Gasteiger partial charge in [-0.3, -0.25) is 0 Å². The van der Waals surface area contributed by atoms with Crippen LogP contribution in [0.3, 0.4) is 0 Å². The number of hydrogen-bond donors (Lipinski definition) is 2. The highest BCUT2D eigenvalue weighted by atomic mass is 16.3. The lowest BCUT2D eigenvalue weighted by molar-refractivity contribution is -0.938. The van der Waals surface area contributed by atoms with Crippen molar-refractivity contribution in [2.45, 2.75) is 57.6 Å². The Morgan fingerprint density at radius 1 is 1.20 bits per heavy atom. The van der Waals surface area contributed by atoms with Gasteiger partial charge in [0.05, 0.1) is 12.1 Å². The summed E-state index contributed by atoms with van der Waals surface area (Å²) in [5.41, 5.74) is 2.01. The maximum absolute atomic E-state index is 11.2. The first-order chi connectivity index (χ1) is 12.1. The van der Waals surface area contributed by atoms with Crippen molar-refractivity contribution in [1.82, 2.24) is 0 Å². The van der Waals surface area contributed by atoms with Gasteiger partial charge < -0.3 is 14.9 Å². The number of hydrogen-bond acceptors (Lipinski definition) is 3. The van der Waals surface area contributed by atoms with Gasteiger partial charge in [0, 0.05) is 36.7 Å². The van der Waals surface area contributed by atoms with Crippen LogP contribution >= 0.6 is 0 Å². The third-order valence-electron chi connectivity index (χ3n) is 6.47. The summed E-state index contributed by atoms with van der Waals surface area (Å²) in [7, 11) is 0. The van der Waals surface area contributed by atoms with Crippen LogP contribution in [0.4, 0.5) is 5.69 Å². The van der Waals surface area contributed by atoms with Gasteiger partial charge in [-0.1, -0.05) is 25.0 Å². The molecule has 1 heterocycles. The van der Waals surface area contributed by atoms with Gasteiger partial charge in [0.25, 0.3) is 0 Å². The van der Waals surface area contributed by atoms with Gasteiger partial charge in [-0.25, -0.2) is 0 Å². The van der Waals surface area contributed by atoms with Gasteiger partial charge in [0.15, 0.2) is 6.54 Å². The van der Waals surface area contributed by atoms with E-state index in [1.165, 1.54) is 22.6 Å². The molecule has 2 N–H and O–H groups in total. The molecule has 1 aliphatic carbocycles. The fourth-order valence-corrected chi connectivity index (χ4v) is 5.10. The van der Waals surface area contributed by atoms with Crippen molar-refractivity contribution in [3.8, 4) is 6.07 Å². The first kappa shape index (κ1) is 18.2. The summed E-state index contributed by atoms with van der Waals surface area (Å²) in [6.45, 7) is 7.79. The molecule has 1 unspecified atom stereocenters. The summed E-state index contributed by atoms with van der Waals surface area (Å²) in [6, 6.07) is 11.5. The minimum atomic E-state index is -0.528. The molecule has 2 aliphatic rings. The fourth-order valence-electron chi connectivity index (χ4n) is 5.10. The van der Waals surface area contributed by atoms with E-state index in [-0.39, 0.29) is 12.0 Å². The topological polar surface area (TPSA) is 51.7 Å². The molecule has 25 heavy (non-hydrogen) atoms. The molecule has 0 amide bonds. The largest absolute Gasteiger partial charge is 0.389 e.